The second kappa shape index (κ2) is 6.94. The monoisotopic (exact) mass is 452 g/mol. The normalized spacial score (nSPS) is 45.6. The van der Waals surface area contributed by atoms with Gasteiger partial charge in [-0.15, -0.1) is 0 Å². The molecule has 2 saturated carbocycles. The van der Waals surface area contributed by atoms with Crippen LogP contribution in [0.15, 0.2) is 46.8 Å². The summed E-state index contributed by atoms with van der Waals surface area (Å²) in [5.41, 5.74) is 0.693. The van der Waals surface area contributed by atoms with Gasteiger partial charge in [-0.2, -0.15) is 0 Å². The third kappa shape index (κ3) is 2.75. The van der Waals surface area contributed by atoms with Crippen LogP contribution < -0.4 is 0 Å². The molecule has 178 valence electrons. The fourth-order valence-electron chi connectivity index (χ4n) is 8.81. The van der Waals surface area contributed by atoms with Gasteiger partial charge in [0.1, 0.15) is 6.10 Å². The highest BCUT2D eigenvalue weighted by atomic mass is 16.6. The highest BCUT2D eigenvalue weighted by molar-refractivity contribution is 5.96. The van der Waals surface area contributed by atoms with E-state index in [0.29, 0.717) is 5.92 Å². The van der Waals surface area contributed by atoms with Crippen molar-refractivity contribution in [3.63, 3.8) is 0 Å². The Labute approximate surface area is 196 Å². The summed E-state index contributed by atoms with van der Waals surface area (Å²) in [7, 11) is 0. The van der Waals surface area contributed by atoms with Gasteiger partial charge in [0, 0.05) is 23.7 Å². The number of hydrogen-bond donors (Lipinski definition) is 1. The first-order chi connectivity index (χ1) is 15.4. The van der Waals surface area contributed by atoms with Crippen LogP contribution in [0, 0.1) is 33.5 Å². The highest BCUT2D eigenvalue weighted by Gasteiger charge is 2.71. The van der Waals surface area contributed by atoms with Crippen LogP contribution in [0.3, 0.4) is 0 Å². The zero-order valence-electron chi connectivity index (χ0n) is 20.6. The maximum Gasteiger partial charge on any atom is 0.303 e. The van der Waals surface area contributed by atoms with Gasteiger partial charge in [-0.3, -0.25) is 9.59 Å². The highest BCUT2D eigenvalue weighted by Crippen LogP contribution is 2.72. The van der Waals surface area contributed by atoms with Gasteiger partial charge < -0.3 is 14.3 Å². The molecule has 4 aliphatic carbocycles. The molecule has 2 fully saturated rings. The number of aliphatic hydroxyl groups is 1. The lowest BCUT2D eigenvalue weighted by atomic mass is 9.38. The SMILES string of the molecule is CC(=O)O[C@@H]1[C@H](O)[C@H]2C(C)(C)C(=O)C=C[C@]2(C)[C@H]2CC[C@]3(C)C(=CC[C@H]3c3ccoc3)[C@]12C. The second-order valence-corrected chi connectivity index (χ2v) is 12.0. The van der Waals surface area contributed by atoms with Crippen molar-refractivity contribution in [3.05, 3.63) is 48.0 Å². The number of ether oxygens (including phenoxy) is 1. The number of esters is 1. The lowest BCUT2D eigenvalue weighted by molar-refractivity contribution is -0.228. The molecule has 0 saturated heterocycles. The zero-order chi connectivity index (χ0) is 24.0. The molecule has 4 aliphatic rings. The predicted molar refractivity (Wildman–Crippen MR) is 124 cm³/mol. The van der Waals surface area contributed by atoms with Gasteiger partial charge in [0.2, 0.25) is 0 Å². The summed E-state index contributed by atoms with van der Waals surface area (Å²) >= 11 is 0. The number of fused-ring (bicyclic) bond motifs is 5. The molecular weight excluding hydrogens is 416 g/mol. The van der Waals surface area contributed by atoms with Crippen LogP contribution in [0.2, 0.25) is 0 Å². The van der Waals surface area contributed by atoms with Crippen LogP contribution in [0.5, 0.6) is 0 Å². The summed E-state index contributed by atoms with van der Waals surface area (Å²) in [5, 5.41) is 11.9. The molecule has 5 heteroatoms. The van der Waals surface area contributed by atoms with Gasteiger partial charge in [-0.1, -0.05) is 52.3 Å². The summed E-state index contributed by atoms with van der Waals surface area (Å²) in [6.45, 7) is 12.0. The lowest BCUT2D eigenvalue weighted by Gasteiger charge is -2.67. The van der Waals surface area contributed by atoms with E-state index in [1.165, 1.54) is 18.1 Å². The number of hydrogen-bond acceptors (Lipinski definition) is 5. The quantitative estimate of drug-likeness (QED) is 0.492. The van der Waals surface area contributed by atoms with Crippen LogP contribution in [0.1, 0.15) is 72.3 Å². The molecule has 5 rings (SSSR count). The van der Waals surface area contributed by atoms with Crippen LogP contribution in [0.25, 0.3) is 0 Å². The van der Waals surface area contributed by atoms with E-state index in [2.05, 4.69) is 32.9 Å². The summed E-state index contributed by atoms with van der Waals surface area (Å²) in [6, 6.07) is 2.05. The fourth-order valence-corrected chi connectivity index (χ4v) is 8.81. The molecule has 33 heavy (non-hydrogen) atoms. The minimum absolute atomic E-state index is 0.0231. The standard InChI is InChI=1S/C28H36O5/c1-16(29)33-24-22(31)23-25(2,3)21(30)10-13-27(23,5)20-9-12-26(4)18(17-11-14-32-15-17)7-8-19(26)28(20,24)6/h8,10-11,13-15,18,20,22-24,31H,7,9,12H2,1-6H3/t18-,20+,22+,23-,24+,26-,27+,28-/m0/s1. The Hall–Kier alpha value is -2.14. The molecule has 0 bridgehead atoms. The van der Waals surface area contributed by atoms with Crippen molar-refractivity contribution < 1.29 is 23.8 Å². The molecule has 0 aliphatic heterocycles. The van der Waals surface area contributed by atoms with Gasteiger partial charge in [0.25, 0.3) is 0 Å². The number of allylic oxidation sites excluding steroid dienone is 3. The molecule has 5 nitrogen and oxygen atoms in total. The van der Waals surface area contributed by atoms with Crippen molar-refractivity contribution in [2.24, 2.45) is 33.5 Å². The van der Waals surface area contributed by atoms with E-state index in [9.17, 15) is 14.7 Å². The molecule has 0 spiro atoms. The van der Waals surface area contributed by atoms with E-state index in [0.717, 1.165) is 19.3 Å². The Morgan fingerprint density at radius 3 is 2.58 bits per heavy atom. The van der Waals surface area contributed by atoms with E-state index in [4.69, 9.17) is 9.15 Å². The minimum atomic E-state index is -0.944. The second-order valence-electron chi connectivity index (χ2n) is 12.0. The van der Waals surface area contributed by atoms with Crippen molar-refractivity contribution in [1.82, 2.24) is 0 Å². The number of rotatable bonds is 2. The average molecular weight is 453 g/mol. The Balaban J connectivity index is 1.68. The third-order valence-electron chi connectivity index (χ3n) is 10.1. The molecule has 8 atom stereocenters. The van der Waals surface area contributed by atoms with Crippen molar-refractivity contribution in [2.75, 3.05) is 0 Å². The van der Waals surface area contributed by atoms with Crippen LogP contribution in [-0.4, -0.2) is 29.1 Å². The summed E-state index contributed by atoms with van der Waals surface area (Å²) < 4.78 is 11.4. The number of ketones is 1. The molecule has 1 heterocycles. The van der Waals surface area contributed by atoms with Gasteiger partial charge in [0.15, 0.2) is 5.78 Å². The van der Waals surface area contributed by atoms with Gasteiger partial charge >= 0.3 is 5.97 Å². The number of furan rings is 1. The maximum atomic E-state index is 12.9. The van der Waals surface area contributed by atoms with E-state index in [-0.39, 0.29) is 23.0 Å². The largest absolute Gasteiger partial charge is 0.472 e. The Bertz CT molecular complexity index is 1050. The first kappa shape index (κ1) is 22.6. The smallest absolute Gasteiger partial charge is 0.303 e. The first-order valence-corrected chi connectivity index (χ1v) is 12.2. The molecule has 0 amide bonds. The van der Waals surface area contributed by atoms with Gasteiger partial charge in [-0.05, 0) is 59.6 Å². The zero-order valence-corrected chi connectivity index (χ0v) is 20.6. The minimum Gasteiger partial charge on any atom is -0.472 e. The topological polar surface area (TPSA) is 76.7 Å². The van der Waals surface area contributed by atoms with Crippen molar-refractivity contribution >= 4 is 11.8 Å². The molecule has 0 aromatic carbocycles. The summed E-state index contributed by atoms with van der Waals surface area (Å²) in [6.07, 6.45) is 10.9. The average Bonchev–Trinajstić information content (AvgIpc) is 3.36. The Kier molecular flexibility index (Phi) is 4.76. The maximum absolute atomic E-state index is 12.9. The number of aliphatic hydroxyl groups excluding tert-OH is 1. The summed E-state index contributed by atoms with van der Waals surface area (Å²) in [4.78, 5) is 25.2. The third-order valence-corrected chi connectivity index (χ3v) is 10.1. The Morgan fingerprint density at radius 1 is 1.21 bits per heavy atom. The van der Waals surface area contributed by atoms with Crippen LogP contribution in [0.4, 0.5) is 0 Å². The molecular formula is C28H36O5. The van der Waals surface area contributed by atoms with E-state index < -0.39 is 34.4 Å². The summed E-state index contributed by atoms with van der Waals surface area (Å²) in [5.74, 6) is -0.273. The Morgan fingerprint density at radius 2 is 1.94 bits per heavy atom. The first-order valence-electron chi connectivity index (χ1n) is 12.2. The molecule has 0 radical (unpaired) electrons. The van der Waals surface area contributed by atoms with Crippen molar-refractivity contribution in [1.29, 1.82) is 0 Å². The van der Waals surface area contributed by atoms with Gasteiger partial charge in [0.05, 0.1) is 18.6 Å². The predicted octanol–water partition coefficient (Wildman–Crippen LogP) is 5.21. The van der Waals surface area contributed by atoms with Crippen molar-refractivity contribution in [3.8, 4) is 0 Å². The van der Waals surface area contributed by atoms with Crippen LogP contribution >= 0.6 is 0 Å². The van der Waals surface area contributed by atoms with Gasteiger partial charge in [-0.25, -0.2) is 0 Å². The fraction of sp³-hybridized carbons (Fsp3) is 0.643. The van der Waals surface area contributed by atoms with Crippen LogP contribution in [-0.2, 0) is 14.3 Å². The number of carbonyl (C=O) groups excluding carboxylic acids is 2. The number of carbonyl (C=O) groups is 2. The van der Waals surface area contributed by atoms with E-state index in [1.807, 2.05) is 26.2 Å². The molecule has 1 aromatic rings. The molecule has 1 aromatic heterocycles. The molecule has 1 N–H and O–H groups in total. The van der Waals surface area contributed by atoms with E-state index in [1.54, 1.807) is 12.3 Å². The van der Waals surface area contributed by atoms with Crippen molar-refractivity contribution in [2.45, 2.75) is 78.9 Å². The molecule has 0 unspecified atom stereocenters. The van der Waals surface area contributed by atoms with E-state index >= 15 is 0 Å². The lowest BCUT2D eigenvalue weighted by Crippen LogP contribution is -2.70.